The molecular weight excluding hydrogens is 409 g/mol. The number of pyridine rings is 1. The summed E-state index contributed by atoms with van der Waals surface area (Å²) in [4.78, 5) is 31.1. The summed E-state index contributed by atoms with van der Waals surface area (Å²) in [7, 11) is 0. The van der Waals surface area contributed by atoms with Gasteiger partial charge >= 0.3 is 12.2 Å². The monoisotopic (exact) mass is 426 g/mol. The molecule has 0 bridgehead atoms. The van der Waals surface area contributed by atoms with Gasteiger partial charge in [0.05, 0.1) is 10.6 Å². The van der Waals surface area contributed by atoms with Gasteiger partial charge in [-0.3, -0.25) is 4.79 Å². The van der Waals surface area contributed by atoms with Crippen LogP contribution in [0.15, 0.2) is 36.5 Å². The lowest BCUT2D eigenvalue weighted by Crippen LogP contribution is -2.50. The topological polar surface area (TPSA) is 65.5 Å². The van der Waals surface area contributed by atoms with Crippen LogP contribution in [0.2, 0.25) is 5.02 Å². The van der Waals surface area contributed by atoms with Crippen LogP contribution in [0.3, 0.4) is 0 Å². The number of rotatable bonds is 3. The van der Waals surface area contributed by atoms with Crippen LogP contribution in [0.25, 0.3) is 0 Å². The molecule has 0 radical (unpaired) electrons. The van der Waals surface area contributed by atoms with E-state index in [1.165, 1.54) is 6.92 Å². The molecule has 2 heterocycles. The zero-order valence-corrected chi connectivity index (χ0v) is 16.2. The summed E-state index contributed by atoms with van der Waals surface area (Å²) in [5, 5.41) is 2.66. The van der Waals surface area contributed by atoms with Gasteiger partial charge in [-0.2, -0.15) is 13.2 Å². The normalized spacial score (nSPS) is 14.7. The Bertz CT molecular complexity index is 928. The Morgan fingerprint density at radius 2 is 1.83 bits per heavy atom. The second-order valence-corrected chi connectivity index (χ2v) is 6.98. The second-order valence-electron chi connectivity index (χ2n) is 6.57. The highest BCUT2D eigenvalue weighted by molar-refractivity contribution is 6.33. The van der Waals surface area contributed by atoms with E-state index in [1.54, 1.807) is 34.1 Å². The van der Waals surface area contributed by atoms with Gasteiger partial charge in [0, 0.05) is 43.6 Å². The van der Waals surface area contributed by atoms with E-state index in [4.69, 9.17) is 11.6 Å². The molecule has 6 nitrogen and oxygen atoms in total. The van der Waals surface area contributed by atoms with Crippen LogP contribution in [0.1, 0.15) is 22.8 Å². The van der Waals surface area contributed by atoms with Crippen molar-refractivity contribution in [3.8, 4) is 0 Å². The molecule has 1 aliphatic rings. The van der Waals surface area contributed by atoms with Crippen molar-refractivity contribution in [1.29, 1.82) is 0 Å². The largest absolute Gasteiger partial charge is 0.417 e. The van der Waals surface area contributed by atoms with Crippen molar-refractivity contribution in [2.24, 2.45) is 0 Å². The summed E-state index contributed by atoms with van der Waals surface area (Å²) >= 11 is 5.99. The van der Waals surface area contributed by atoms with Crippen molar-refractivity contribution in [3.05, 3.63) is 52.7 Å². The Hall–Kier alpha value is -2.81. The number of benzene rings is 1. The van der Waals surface area contributed by atoms with E-state index in [0.717, 1.165) is 12.3 Å². The lowest BCUT2D eigenvalue weighted by molar-refractivity contribution is -0.137. The molecule has 1 fully saturated rings. The van der Waals surface area contributed by atoms with Crippen molar-refractivity contribution in [1.82, 2.24) is 9.88 Å². The average molecular weight is 427 g/mol. The molecule has 2 amide bonds. The van der Waals surface area contributed by atoms with Crippen LogP contribution in [-0.2, 0) is 6.18 Å². The van der Waals surface area contributed by atoms with Crippen LogP contribution in [0.4, 0.5) is 29.5 Å². The number of alkyl halides is 3. The predicted octanol–water partition coefficient (Wildman–Crippen LogP) is 4.31. The molecule has 154 valence electrons. The molecule has 1 N–H and O–H groups in total. The molecule has 2 aromatic rings. The van der Waals surface area contributed by atoms with Crippen molar-refractivity contribution >= 4 is 34.9 Å². The number of ketones is 1. The zero-order chi connectivity index (χ0) is 21.2. The number of nitrogens with one attached hydrogen (secondary N) is 1. The van der Waals surface area contributed by atoms with Gasteiger partial charge < -0.3 is 15.1 Å². The number of Topliss-reactive ketones (excluding diaryl/α,β-unsaturated/α-hetero) is 1. The molecule has 0 spiro atoms. The Morgan fingerprint density at radius 3 is 2.41 bits per heavy atom. The highest BCUT2D eigenvalue weighted by Crippen LogP contribution is 2.33. The number of halogens is 4. The maximum atomic E-state index is 12.7. The summed E-state index contributed by atoms with van der Waals surface area (Å²) in [5.74, 6) is 0.157. The van der Waals surface area contributed by atoms with Crippen molar-refractivity contribution in [2.45, 2.75) is 13.1 Å². The van der Waals surface area contributed by atoms with Crippen LogP contribution in [0, 0.1) is 0 Å². The molecule has 0 unspecified atom stereocenters. The molecule has 29 heavy (non-hydrogen) atoms. The molecule has 3 rings (SSSR count). The minimum Gasteiger partial charge on any atom is -0.352 e. The number of carbonyl (C=O) groups excluding carboxylic acids is 2. The van der Waals surface area contributed by atoms with E-state index in [-0.39, 0.29) is 22.7 Å². The third-order valence-electron chi connectivity index (χ3n) is 4.54. The molecule has 0 aliphatic carbocycles. The first kappa shape index (κ1) is 20.9. The van der Waals surface area contributed by atoms with E-state index in [2.05, 4.69) is 10.3 Å². The summed E-state index contributed by atoms with van der Waals surface area (Å²) in [6.45, 7) is 2.88. The van der Waals surface area contributed by atoms with Crippen molar-refractivity contribution < 1.29 is 22.8 Å². The number of hydrogen-bond donors (Lipinski definition) is 1. The molecule has 1 aliphatic heterocycles. The predicted molar refractivity (Wildman–Crippen MR) is 104 cm³/mol. The number of urea groups is 1. The first-order chi connectivity index (χ1) is 13.6. The van der Waals surface area contributed by atoms with E-state index in [9.17, 15) is 22.8 Å². The molecule has 10 heteroatoms. The maximum Gasteiger partial charge on any atom is 0.417 e. The second kappa shape index (κ2) is 8.28. The molecule has 1 aromatic carbocycles. The summed E-state index contributed by atoms with van der Waals surface area (Å²) in [6, 6.07) is 7.16. The Kier molecular flexibility index (Phi) is 5.97. The number of amides is 2. The fourth-order valence-electron chi connectivity index (χ4n) is 2.96. The smallest absolute Gasteiger partial charge is 0.352 e. The number of aromatic nitrogens is 1. The van der Waals surface area contributed by atoms with Gasteiger partial charge in [0.2, 0.25) is 0 Å². The minimum absolute atomic E-state index is 0.0845. The molecule has 0 saturated carbocycles. The SMILES string of the molecule is CC(=O)c1cccc(NC(=O)N2CCN(c3ncc(C(F)(F)F)cc3Cl)CC2)c1. The third kappa shape index (κ3) is 4.97. The lowest BCUT2D eigenvalue weighted by atomic mass is 10.1. The first-order valence-electron chi connectivity index (χ1n) is 8.80. The van der Waals surface area contributed by atoms with Crippen LogP contribution < -0.4 is 10.2 Å². The Balaban J connectivity index is 1.61. The van der Waals surface area contributed by atoms with Crippen LogP contribution >= 0.6 is 11.6 Å². The quantitative estimate of drug-likeness (QED) is 0.743. The summed E-state index contributed by atoms with van der Waals surface area (Å²) in [5.41, 5.74) is 0.102. The van der Waals surface area contributed by atoms with Gasteiger partial charge in [-0.1, -0.05) is 23.7 Å². The van der Waals surface area contributed by atoms with Gasteiger partial charge in [0.25, 0.3) is 0 Å². The van der Waals surface area contributed by atoms with E-state index in [0.29, 0.717) is 37.4 Å². The highest BCUT2D eigenvalue weighted by Gasteiger charge is 2.32. The fraction of sp³-hybridized carbons (Fsp3) is 0.316. The molecule has 0 atom stereocenters. The van der Waals surface area contributed by atoms with E-state index < -0.39 is 11.7 Å². The standard InChI is InChI=1S/C19H18ClF3N4O2/c1-12(28)13-3-2-4-15(9-13)25-18(29)27-7-5-26(6-8-27)17-16(20)10-14(11-24-17)19(21,22)23/h2-4,9-11H,5-8H2,1H3,(H,25,29). The number of anilines is 2. The van der Waals surface area contributed by atoms with Crippen LogP contribution in [-0.4, -0.2) is 47.9 Å². The van der Waals surface area contributed by atoms with Gasteiger partial charge in [-0.25, -0.2) is 9.78 Å². The van der Waals surface area contributed by atoms with Crippen molar-refractivity contribution in [2.75, 3.05) is 36.4 Å². The average Bonchev–Trinajstić information content (AvgIpc) is 2.67. The van der Waals surface area contributed by atoms with E-state index >= 15 is 0 Å². The molecule has 1 saturated heterocycles. The van der Waals surface area contributed by atoms with Crippen molar-refractivity contribution in [3.63, 3.8) is 0 Å². The Morgan fingerprint density at radius 1 is 1.14 bits per heavy atom. The molecular formula is C19H18ClF3N4O2. The number of nitrogens with zero attached hydrogens (tertiary/aromatic N) is 3. The fourth-order valence-corrected chi connectivity index (χ4v) is 3.24. The maximum absolute atomic E-state index is 12.7. The minimum atomic E-state index is -4.51. The summed E-state index contributed by atoms with van der Waals surface area (Å²) in [6.07, 6.45) is -3.76. The lowest BCUT2D eigenvalue weighted by Gasteiger charge is -2.35. The van der Waals surface area contributed by atoms with Gasteiger partial charge in [-0.15, -0.1) is 0 Å². The zero-order valence-electron chi connectivity index (χ0n) is 15.5. The van der Waals surface area contributed by atoms with Gasteiger partial charge in [-0.05, 0) is 25.1 Å². The number of carbonyl (C=O) groups is 2. The van der Waals surface area contributed by atoms with E-state index in [1.807, 2.05) is 0 Å². The highest BCUT2D eigenvalue weighted by atomic mass is 35.5. The number of piperazine rings is 1. The third-order valence-corrected chi connectivity index (χ3v) is 4.81. The van der Waals surface area contributed by atoms with Gasteiger partial charge in [0.15, 0.2) is 5.78 Å². The summed E-state index contributed by atoms with van der Waals surface area (Å²) < 4.78 is 38.2. The molecule has 1 aromatic heterocycles. The number of hydrogen-bond acceptors (Lipinski definition) is 4. The van der Waals surface area contributed by atoms with Crippen LogP contribution in [0.5, 0.6) is 0 Å². The first-order valence-corrected chi connectivity index (χ1v) is 9.17. The van der Waals surface area contributed by atoms with Gasteiger partial charge in [0.1, 0.15) is 5.82 Å². The Labute approximate surface area is 170 Å².